The first-order valence-corrected chi connectivity index (χ1v) is 10.7. The van der Waals surface area contributed by atoms with Gasteiger partial charge in [-0.1, -0.05) is 23.1 Å². The van der Waals surface area contributed by atoms with Crippen LogP contribution in [0.15, 0.2) is 39.7 Å². The normalized spacial score (nSPS) is 16.3. The Morgan fingerprint density at radius 1 is 1.11 bits per heavy atom. The van der Waals surface area contributed by atoms with Crippen LogP contribution in [0, 0.1) is 0 Å². The van der Waals surface area contributed by atoms with Crippen molar-refractivity contribution in [2.75, 3.05) is 5.32 Å². The summed E-state index contributed by atoms with van der Waals surface area (Å²) in [6.45, 7) is 0. The lowest BCUT2D eigenvalue weighted by Gasteiger charge is -2.15. The van der Waals surface area contributed by atoms with Gasteiger partial charge in [-0.25, -0.2) is 4.79 Å². The molecule has 28 heavy (non-hydrogen) atoms. The molecule has 2 amide bonds. The van der Waals surface area contributed by atoms with Gasteiger partial charge in [0.1, 0.15) is 0 Å². The van der Waals surface area contributed by atoms with Gasteiger partial charge in [-0.15, -0.1) is 0 Å². The van der Waals surface area contributed by atoms with Crippen molar-refractivity contribution in [2.24, 2.45) is 11.4 Å². The van der Waals surface area contributed by atoms with Crippen LogP contribution in [0.1, 0.15) is 35.1 Å². The number of urea groups is 1. The molecule has 0 bridgehead atoms. The summed E-state index contributed by atoms with van der Waals surface area (Å²) in [6, 6.07) is 7.12. The van der Waals surface area contributed by atoms with E-state index in [0.29, 0.717) is 4.90 Å². The average molecular weight is 393 g/mol. The summed E-state index contributed by atoms with van der Waals surface area (Å²) in [7, 11) is 0.100. The van der Waals surface area contributed by atoms with Crippen LogP contribution in [-0.4, -0.2) is 15.8 Å². The minimum atomic E-state index is -1.75. The first-order chi connectivity index (χ1) is 13.6. The molecule has 2 aliphatic carbocycles. The van der Waals surface area contributed by atoms with Crippen LogP contribution < -0.4 is 5.32 Å². The van der Waals surface area contributed by atoms with Crippen LogP contribution in [0.2, 0.25) is 0 Å². The zero-order chi connectivity index (χ0) is 19.3. The Morgan fingerprint density at radius 2 is 1.82 bits per heavy atom. The molecule has 0 saturated heterocycles. The number of carbonyl (C=O) groups is 1. The smallest absolute Gasteiger partial charge is 0.322 e. The molecule has 0 saturated carbocycles. The number of hydrogen-bond donors (Lipinski definition) is 1. The summed E-state index contributed by atoms with van der Waals surface area (Å²) in [4.78, 5) is 13.1. The van der Waals surface area contributed by atoms with Crippen molar-refractivity contribution in [1.29, 1.82) is 0 Å². The van der Waals surface area contributed by atoms with Crippen molar-refractivity contribution >= 4 is 33.2 Å². The van der Waals surface area contributed by atoms with Crippen LogP contribution in [-0.2, 0) is 47.5 Å². The Morgan fingerprint density at radius 3 is 2.54 bits per heavy atom. The Hall–Kier alpha value is -2.67. The highest BCUT2D eigenvalue weighted by molar-refractivity contribution is 7.75. The highest BCUT2D eigenvalue weighted by Gasteiger charge is 2.24. The summed E-state index contributed by atoms with van der Waals surface area (Å²) in [5.74, 6) is 0. The van der Waals surface area contributed by atoms with Gasteiger partial charge in [0.2, 0.25) is 0 Å². The summed E-state index contributed by atoms with van der Waals surface area (Å²) >= 11 is 0. The largest absolute Gasteiger partial charge is 0.439 e. The molecular formula is C21H21N4O2S-. The molecule has 0 unspecified atom stereocenters. The number of carbonyl (C=O) groups excluding carboxylic acids is 1. The van der Waals surface area contributed by atoms with Gasteiger partial charge in [0.05, 0.1) is 11.7 Å². The molecule has 2 aliphatic rings. The number of fused-ring (bicyclic) bond motifs is 3. The lowest BCUT2D eigenvalue weighted by Crippen LogP contribution is -2.11. The van der Waals surface area contributed by atoms with Crippen LogP contribution >= 0.6 is 0 Å². The highest BCUT2D eigenvalue weighted by Crippen LogP contribution is 2.38. The summed E-state index contributed by atoms with van der Waals surface area (Å²) in [5.41, 5.74) is 7.05. The van der Waals surface area contributed by atoms with E-state index >= 15 is 0 Å². The van der Waals surface area contributed by atoms with Gasteiger partial charge in [-0.05, 0) is 66.8 Å². The standard InChI is InChI=1S/C21H21N4O2S/c1-25-19-9-8-16(11-15(19)12-22-25)28(27)24-21(26)23-20-17-6-2-4-13(17)10-14-5-3-7-18(14)20/h8-12H,2-7H2,1H3,(H,23,26)/q-1. The van der Waals surface area contributed by atoms with E-state index in [0.717, 1.165) is 55.1 Å². The third-order valence-corrected chi connectivity index (χ3v) is 6.78. The van der Waals surface area contributed by atoms with E-state index in [-0.39, 0.29) is 0 Å². The Labute approximate surface area is 165 Å². The van der Waals surface area contributed by atoms with E-state index in [1.165, 1.54) is 22.3 Å². The van der Waals surface area contributed by atoms with E-state index in [4.69, 9.17) is 0 Å². The number of aryl methyl sites for hydroxylation is 3. The fourth-order valence-electron chi connectivity index (χ4n) is 4.48. The first kappa shape index (κ1) is 17.4. The molecule has 1 N–H and O–H groups in total. The second-order valence-electron chi connectivity index (χ2n) is 7.49. The van der Waals surface area contributed by atoms with Crippen LogP contribution in [0.25, 0.3) is 10.9 Å². The molecule has 3 aromatic rings. The fourth-order valence-corrected chi connectivity index (χ4v) is 5.19. The summed E-state index contributed by atoms with van der Waals surface area (Å²) in [5, 5.41) is 8.03. The number of rotatable bonds is 2. The fraction of sp³-hybridized carbons (Fsp3) is 0.333. The molecular weight excluding hydrogens is 372 g/mol. The topological polar surface area (TPSA) is 76.3 Å². The average Bonchev–Trinajstić information content (AvgIpc) is 3.41. The molecule has 5 rings (SSSR count). The predicted octanol–water partition coefficient (Wildman–Crippen LogP) is 4.29. The Balaban J connectivity index is 1.45. The SMILES string of the molecule is Cn1ncc2cc([S-](=O)=NC(=O)Nc3c4c(cc5c3CCC5)CCC4)ccc21. The van der Waals surface area contributed by atoms with Gasteiger partial charge in [0, 0.05) is 18.1 Å². The number of amides is 2. The molecule has 0 radical (unpaired) electrons. The molecule has 0 atom stereocenters. The molecule has 144 valence electrons. The maximum absolute atomic E-state index is 12.6. The first-order valence-electron chi connectivity index (χ1n) is 9.63. The zero-order valence-corrected chi connectivity index (χ0v) is 16.5. The van der Waals surface area contributed by atoms with Crippen molar-refractivity contribution in [2.45, 2.75) is 43.4 Å². The van der Waals surface area contributed by atoms with E-state index in [1.54, 1.807) is 23.0 Å². The van der Waals surface area contributed by atoms with Crippen LogP contribution in [0.5, 0.6) is 0 Å². The van der Waals surface area contributed by atoms with Gasteiger partial charge < -0.3 is 13.9 Å². The maximum Gasteiger partial charge on any atom is 0.322 e. The maximum atomic E-state index is 12.6. The number of nitrogens with zero attached hydrogens (tertiary/aromatic N) is 3. The monoisotopic (exact) mass is 393 g/mol. The van der Waals surface area contributed by atoms with Crippen molar-refractivity contribution in [3.63, 3.8) is 0 Å². The molecule has 0 aliphatic heterocycles. The van der Waals surface area contributed by atoms with Gasteiger partial charge in [-0.3, -0.25) is 4.68 Å². The van der Waals surface area contributed by atoms with E-state index in [9.17, 15) is 9.00 Å². The van der Waals surface area contributed by atoms with E-state index < -0.39 is 16.6 Å². The Bertz CT molecular complexity index is 1170. The van der Waals surface area contributed by atoms with Crippen LogP contribution in [0.3, 0.4) is 0 Å². The predicted molar refractivity (Wildman–Crippen MR) is 109 cm³/mol. The molecule has 0 fully saturated rings. The second-order valence-corrected chi connectivity index (χ2v) is 8.65. The third-order valence-electron chi connectivity index (χ3n) is 5.79. The van der Waals surface area contributed by atoms with E-state index in [2.05, 4.69) is 20.8 Å². The number of anilines is 1. The third kappa shape index (κ3) is 2.90. The minimum absolute atomic E-state index is 0.499. The molecule has 0 spiro atoms. The quantitative estimate of drug-likeness (QED) is 0.660. The van der Waals surface area contributed by atoms with Crippen molar-refractivity contribution in [3.8, 4) is 0 Å². The number of benzene rings is 2. The van der Waals surface area contributed by atoms with Gasteiger partial charge in [-0.2, -0.15) is 15.7 Å². The van der Waals surface area contributed by atoms with Crippen molar-refractivity contribution in [3.05, 3.63) is 52.7 Å². The summed E-state index contributed by atoms with van der Waals surface area (Å²) < 4.78 is 18.3. The zero-order valence-electron chi connectivity index (χ0n) is 15.7. The molecule has 1 aromatic heterocycles. The number of aromatic nitrogens is 2. The molecule has 7 heteroatoms. The lowest BCUT2D eigenvalue weighted by atomic mass is 9.99. The lowest BCUT2D eigenvalue weighted by molar-refractivity contribution is 0.260. The molecule has 2 aromatic carbocycles. The molecule has 1 heterocycles. The molecule has 6 nitrogen and oxygen atoms in total. The van der Waals surface area contributed by atoms with Gasteiger partial charge in [0.15, 0.2) is 0 Å². The summed E-state index contributed by atoms with van der Waals surface area (Å²) in [6.07, 6.45) is 8.06. The van der Waals surface area contributed by atoms with Gasteiger partial charge in [0.25, 0.3) is 0 Å². The Kier molecular flexibility index (Phi) is 4.19. The number of nitrogens with one attached hydrogen (secondary N) is 1. The van der Waals surface area contributed by atoms with Crippen LogP contribution in [0.4, 0.5) is 10.5 Å². The number of hydrogen-bond acceptors (Lipinski definition) is 4. The van der Waals surface area contributed by atoms with Crippen molar-refractivity contribution in [1.82, 2.24) is 9.78 Å². The highest BCUT2D eigenvalue weighted by atomic mass is 32.2. The van der Waals surface area contributed by atoms with Crippen molar-refractivity contribution < 1.29 is 9.00 Å². The van der Waals surface area contributed by atoms with E-state index in [1.807, 2.05) is 13.1 Å². The van der Waals surface area contributed by atoms with Gasteiger partial charge >= 0.3 is 6.03 Å². The minimum Gasteiger partial charge on any atom is -0.439 e. The second kappa shape index (κ2) is 6.74.